The number of aromatic nitrogens is 2. The minimum Gasteiger partial charge on any atom is -0.497 e. The molecule has 4 heterocycles. The largest absolute Gasteiger partial charge is 0.497 e. The zero-order valence-corrected chi connectivity index (χ0v) is 18.5. The maximum Gasteiger partial charge on any atom is 0.241 e. The Labute approximate surface area is 191 Å². The van der Waals surface area contributed by atoms with Gasteiger partial charge < -0.3 is 30.2 Å². The molecule has 1 fully saturated rings. The minimum absolute atomic E-state index is 0.0442. The Morgan fingerprint density at radius 1 is 1.15 bits per heavy atom. The summed E-state index contributed by atoms with van der Waals surface area (Å²) in [5.74, 6) is 2.12. The standard InChI is InChI=1S/C24H27N5O4/c1-31-17-3-5-19-18(11-17)20(6-7-25-19)29-24(30)21-4-2-15(12-28-21)26-13-16-10-22-23(14-27-16)33-9-8-32-22/h3,5-7,10-11,14-15,21,26,28H,2,4,8-9,12-13H2,1H3,(H,25,29,30). The number of pyridine rings is 2. The van der Waals surface area contributed by atoms with Crippen molar-refractivity contribution in [2.24, 2.45) is 0 Å². The number of anilines is 1. The molecule has 3 N–H and O–H groups in total. The van der Waals surface area contributed by atoms with Gasteiger partial charge in [-0.2, -0.15) is 0 Å². The monoisotopic (exact) mass is 449 g/mol. The molecule has 1 aromatic carbocycles. The Morgan fingerprint density at radius 3 is 2.85 bits per heavy atom. The second-order valence-electron chi connectivity index (χ2n) is 8.17. The highest BCUT2D eigenvalue weighted by Gasteiger charge is 2.26. The van der Waals surface area contributed by atoms with Crippen LogP contribution in [0.25, 0.3) is 10.9 Å². The van der Waals surface area contributed by atoms with Gasteiger partial charge in [0.25, 0.3) is 0 Å². The van der Waals surface area contributed by atoms with E-state index in [9.17, 15) is 4.79 Å². The van der Waals surface area contributed by atoms with Gasteiger partial charge in [-0.15, -0.1) is 0 Å². The smallest absolute Gasteiger partial charge is 0.241 e. The first-order valence-corrected chi connectivity index (χ1v) is 11.1. The van der Waals surface area contributed by atoms with Crippen LogP contribution in [0.15, 0.2) is 42.7 Å². The van der Waals surface area contributed by atoms with E-state index < -0.39 is 0 Å². The topological polar surface area (TPSA) is 107 Å². The Balaban J connectivity index is 1.14. The second-order valence-corrected chi connectivity index (χ2v) is 8.17. The average Bonchev–Trinajstić information content (AvgIpc) is 2.87. The molecule has 0 spiro atoms. The summed E-state index contributed by atoms with van der Waals surface area (Å²) in [4.78, 5) is 21.7. The lowest BCUT2D eigenvalue weighted by atomic mass is 10.00. The van der Waals surface area contributed by atoms with E-state index in [1.807, 2.05) is 30.3 Å². The molecule has 0 radical (unpaired) electrons. The fourth-order valence-corrected chi connectivity index (χ4v) is 4.17. The average molecular weight is 450 g/mol. The number of nitrogens with one attached hydrogen (secondary N) is 3. The number of carbonyl (C=O) groups excluding carboxylic acids is 1. The molecule has 0 aliphatic carbocycles. The highest BCUT2D eigenvalue weighted by atomic mass is 16.6. The van der Waals surface area contributed by atoms with E-state index in [1.54, 1.807) is 19.5 Å². The van der Waals surface area contributed by atoms with Crippen molar-refractivity contribution in [1.29, 1.82) is 0 Å². The molecule has 2 aliphatic rings. The molecule has 1 amide bonds. The van der Waals surface area contributed by atoms with Gasteiger partial charge in [0.1, 0.15) is 19.0 Å². The molecule has 1 saturated heterocycles. The quantitative estimate of drug-likeness (QED) is 0.526. The van der Waals surface area contributed by atoms with Gasteiger partial charge >= 0.3 is 0 Å². The fraction of sp³-hybridized carbons (Fsp3) is 0.375. The van der Waals surface area contributed by atoms with E-state index in [4.69, 9.17) is 14.2 Å². The Bertz CT molecular complexity index is 1150. The lowest BCUT2D eigenvalue weighted by Gasteiger charge is -2.30. The van der Waals surface area contributed by atoms with Crippen molar-refractivity contribution in [2.45, 2.75) is 31.5 Å². The molecule has 9 nitrogen and oxygen atoms in total. The predicted molar refractivity (Wildman–Crippen MR) is 124 cm³/mol. The molecular weight excluding hydrogens is 422 g/mol. The van der Waals surface area contributed by atoms with Gasteiger partial charge in [0.15, 0.2) is 11.5 Å². The van der Waals surface area contributed by atoms with Crippen LogP contribution >= 0.6 is 0 Å². The molecule has 33 heavy (non-hydrogen) atoms. The van der Waals surface area contributed by atoms with Crippen LogP contribution in [0.1, 0.15) is 18.5 Å². The maximum absolute atomic E-state index is 12.9. The third-order valence-corrected chi connectivity index (χ3v) is 6.00. The molecule has 172 valence electrons. The first-order valence-electron chi connectivity index (χ1n) is 11.1. The highest BCUT2D eigenvalue weighted by molar-refractivity contribution is 6.03. The summed E-state index contributed by atoms with van der Waals surface area (Å²) in [5, 5.41) is 10.8. The maximum atomic E-state index is 12.9. The van der Waals surface area contributed by atoms with E-state index in [0.29, 0.717) is 32.1 Å². The number of ether oxygens (including phenoxy) is 3. The molecule has 5 rings (SSSR count). The minimum atomic E-state index is -0.246. The molecule has 2 aromatic heterocycles. The third-order valence-electron chi connectivity index (χ3n) is 6.00. The number of piperidine rings is 1. The fourth-order valence-electron chi connectivity index (χ4n) is 4.17. The van der Waals surface area contributed by atoms with E-state index in [0.717, 1.165) is 46.6 Å². The van der Waals surface area contributed by atoms with Gasteiger partial charge in [0.05, 0.1) is 36.2 Å². The summed E-state index contributed by atoms with van der Waals surface area (Å²) >= 11 is 0. The normalized spacial score (nSPS) is 19.8. The molecular formula is C24H27N5O4. The lowest BCUT2D eigenvalue weighted by molar-refractivity contribution is -0.118. The SMILES string of the molecule is COc1ccc2nccc(NC(=O)C3CCC(NCc4cc5c(cn4)OCCO5)CN3)c2c1. The Morgan fingerprint density at radius 2 is 2.03 bits per heavy atom. The van der Waals surface area contributed by atoms with Crippen LogP contribution in [-0.4, -0.2) is 54.8 Å². The van der Waals surface area contributed by atoms with Gasteiger partial charge in [-0.1, -0.05) is 0 Å². The van der Waals surface area contributed by atoms with E-state index in [2.05, 4.69) is 25.9 Å². The van der Waals surface area contributed by atoms with Crippen LogP contribution in [0.2, 0.25) is 0 Å². The Kier molecular flexibility index (Phi) is 6.23. The number of benzene rings is 1. The van der Waals surface area contributed by atoms with Crippen LogP contribution in [0.4, 0.5) is 5.69 Å². The van der Waals surface area contributed by atoms with E-state index >= 15 is 0 Å². The molecule has 2 unspecified atom stereocenters. The summed E-state index contributed by atoms with van der Waals surface area (Å²) in [6, 6.07) is 9.37. The molecule has 3 aromatic rings. The van der Waals surface area contributed by atoms with Crippen LogP contribution in [0, 0.1) is 0 Å². The zero-order valence-electron chi connectivity index (χ0n) is 18.5. The van der Waals surface area contributed by atoms with Crippen LogP contribution in [-0.2, 0) is 11.3 Å². The number of nitrogens with zero attached hydrogens (tertiary/aromatic N) is 2. The van der Waals surface area contributed by atoms with Gasteiger partial charge in [-0.3, -0.25) is 14.8 Å². The number of fused-ring (bicyclic) bond motifs is 2. The third kappa shape index (κ3) is 4.84. The second kappa shape index (κ2) is 9.60. The molecule has 9 heteroatoms. The molecule has 0 bridgehead atoms. The van der Waals surface area contributed by atoms with Gasteiger partial charge in [-0.05, 0) is 37.1 Å². The highest BCUT2D eigenvalue weighted by Crippen LogP contribution is 2.29. The van der Waals surface area contributed by atoms with Crippen LogP contribution in [0.5, 0.6) is 17.2 Å². The number of methoxy groups -OCH3 is 1. The van der Waals surface area contributed by atoms with Crippen molar-refractivity contribution in [2.75, 3.05) is 32.2 Å². The first-order chi connectivity index (χ1) is 16.2. The Hall–Kier alpha value is -3.43. The summed E-state index contributed by atoms with van der Waals surface area (Å²) in [7, 11) is 1.62. The summed E-state index contributed by atoms with van der Waals surface area (Å²) in [6.45, 7) is 2.45. The summed E-state index contributed by atoms with van der Waals surface area (Å²) in [6.07, 6.45) is 5.04. The molecule has 2 atom stereocenters. The van der Waals surface area contributed by atoms with Gasteiger partial charge in [0.2, 0.25) is 5.91 Å². The van der Waals surface area contributed by atoms with Crippen molar-refractivity contribution < 1.29 is 19.0 Å². The van der Waals surface area contributed by atoms with Crippen molar-refractivity contribution in [3.63, 3.8) is 0 Å². The first kappa shape index (κ1) is 21.4. The lowest BCUT2D eigenvalue weighted by Crippen LogP contribution is -2.52. The summed E-state index contributed by atoms with van der Waals surface area (Å²) in [5.41, 5.74) is 2.44. The molecule has 2 aliphatic heterocycles. The van der Waals surface area contributed by atoms with Crippen molar-refractivity contribution in [1.82, 2.24) is 20.6 Å². The van der Waals surface area contributed by atoms with Crippen LogP contribution in [0.3, 0.4) is 0 Å². The van der Waals surface area contributed by atoms with Crippen molar-refractivity contribution in [3.8, 4) is 17.2 Å². The van der Waals surface area contributed by atoms with Gasteiger partial charge in [0, 0.05) is 36.8 Å². The van der Waals surface area contributed by atoms with Gasteiger partial charge in [-0.25, -0.2) is 0 Å². The van der Waals surface area contributed by atoms with Crippen molar-refractivity contribution >= 4 is 22.5 Å². The summed E-state index contributed by atoms with van der Waals surface area (Å²) < 4.78 is 16.5. The van der Waals surface area contributed by atoms with Crippen molar-refractivity contribution in [3.05, 3.63) is 48.4 Å². The number of hydrogen-bond acceptors (Lipinski definition) is 8. The number of carbonyl (C=O) groups is 1. The number of rotatable bonds is 6. The van der Waals surface area contributed by atoms with E-state index in [1.165, 1.54) is 0 Å². The molecule has 0 saturated carbocycles. The van der Waals surface area contributed by atoms with Crippen LogP contribution < -0.4 is 30.2 Å². The zero-order chi connectivity index (χ0) is 22.6. The number of amides is 1. The number of hydrogen-bond donors (Lipinski definition) is 3. The van der Waals surface area contributed by atoms with E-state index in [-0.39, 0.29) is 18.0 Å². The predicted octanol–water partition coefficient (Wildman–Crippen LogP) is 2.26.